The van der Waals surface area contributed by atoms with Crippen molar-refractivity contribution in [3.05, 3.63) is 35.9 Å². The number of amides is 1. The highest BCUT2D eigenvalue weighted by Crippen LogP contribution is 2.06. The van der Waals surface area contributed by atoms with Crippen LogP contribution in [-0.4, -0.2) is 19.0 Å². The van der Waals surface area contributed by atoms with Gasteiger partial charge in [-0.2, -0.15) is 0 Å². The Morgan fingerprint density at radius 1 is 1.00 bits per heavy atom. The predicted octanol–water partition coefficient (Wildman–Crippen LogP) is 2.82. The number of carbonyl (C=O) groups is 2. The summed E-state index contributed by atoms with van der Waals surface area (Å²) < 4.78 is 4.57. The van der Waals surface area contributed by atoms with E-state index in [0.717, 1.165) is 31.2 Å². The molecule has 4 nitrogen and oxygen atoms in total. The minimum atomic E-state index is -0.161. The van der Waals surface area contributed by atoms with E-state index in [9.17, 15) is 9.59 Å². The van der Waals surface area contributed by atoms with Crippen molar-refractivity contribution in [2.24, 2.45) is 0 Å². The second-order valence-electron chi connectivity index (χ2n) is 4.75. The van der Waals surface area contributed by atoms with Gasteiger partial charge in [-0.25, -0.2) is 0 Å². The molecule has 0 saturated carbocycles. The zero-order valence-corrected chi connectivity index (χ0v) is 12.1. The van der Waals surface area contributed by atoms with Gasteiger partial charge in [0, 0.05) is 19.4 Å². The Kier molecular flexibility index (Phi) is 8.11. The molecule has 4 heteroatoms. The van der Waals surface area contributed by atoms with Gasteiger partial charge < -0.3 is 10.1 Å². The Hall–Kier alpha value is -1.84. The number of esters is 1. The third-order valence-corrected chi connectivity index (χ3v) is 3.09. The van der Waals surface area contributed by atoms with Crippen LogP contribution in [0.2, 0.25) is 0 Å². The highest BCUT2D eigenvalue weighted by atomic mass is 16.5. The van der Waals surface area contributed by atoms with Gasteiger partial charge >= 0.3 is 5.97 Å². The minimum absolute atomic E-state index is 0.0850. The lowest BCUT2D eigenvalue weighted by molar-refractivity contribution is -0.140. The van der Waals surface area contributed by atoms with E-state index in [1.807, 2.05) is 30.3 Å². The van der Waals surface area contributed by atoms with Gasteiger partial charge in [0.15, 0.2) is 0 Å². The second kappa shape index (κ2) is 10.0. The molecule has 110 valence electrons. The van der Waals surface area contributed by atoms with Crippen LogP contribution in [0, 0.1) is 0 Å². The Labute approximate surface area is 120 Å². The number of ether oxygens (including phenoxy) is 1. The SMILES string of the molecule is COC(=O)CCCCCCC(=O)NCc1ccccc1. The number of unbranched alkanes of at least 4 members (excludes halogenated alkanes) is 3. The van der Waals surface area contributed by atoms with Gasteiger partial charge in [-0.05, 0) is 18.4 Å². The number of hydrogen-bond acceptors (Lipinski definition) is 3. The average Bonchev–Trinajstić information content (AvgIpc) is 2.49. The molecule has 1 aromatic carbocycles. The number of nitrogens with one attached hydrogen (secondary N) is 1. The molecular weight excluding hydrogens is 254 g/mol. The van der Waals surface area contributed by atoms with Crippen molar-refractivity contribution < 1.29 is 14.3 Å². The molecule has 0 aliphatic carbocycles. The molecule has 0 fully saturated rings. The summed E-state index contributed by atoms with van der Waals surface area (Å²) in [6, 6.07) is 9.87. The third-order valence-electron chi connectivity index (χ3n) is 3.09. The van der Waals surface area contributed by atoms with Gasteiger partial charge in [0.25, 0.3) is 0 Å². The summed E-state index contributed by atoms with van der Waals surface area (Å²) in [6.07, 6.45) is 4.64. The first-order chi connectivity index (χ1) is 9.72. The highest BCUT2D eigenvalue weighted by Gasteiger charge is 2.02. The predicted molar refractivity (Wildman–Crippen MR) is 78.0 cm³/mol. The lowest BCUT2D eigenvalue weighted by Gasteiger charge is -2.05. The normalized spacial score (nSPS) is 10.1. The van der Waals surface area contributed by atoms with Crippen molar-refractivity contribution in [3.63, 3.8) is 0 Å². The van der Waals surface area contributed by atoms with Gasteiger partial charge in [0.1, 0.15) is 0 Å². The summed E-state index contributed by atoms with van der Waals surface area (Å²) >= 11 is 0. The van der Waals surface area contributed by atoms with E-state index in [4.69, 9.17) is 0 Å². The Balaban J connectivity index is 1.99. The van der Waals surface area contributed by atoms with Crippen LogP contribution in [0.1, 0.15) is 44.1 Å². The fraction of sp³-hybridized carbons (Fsp3) is 0.500. The van der Waals surface area contributed by atoms with Gasteiger partial charge in [0.2, 0.25) is 5.91 Å². The number of benzene rings is 1. The van der Waals surface area contributed by atoms with Crippen LogP contribution in [0.3, 0.4) is 0 Å². The molecule has 1 amide bonds. The van der Waals surface area contributed by atoms with E-state index in [1.165, 1.54) is 7.11 Å². The summed E-state index contributed by atoms with van der Waals surface area (Å²) in [6.45, 7) is 0.585. The van der Waals surface area contributed by atoms with Crippen LogP contribution in [-0.2, 0) is 20.9 Å². The van der Waals surface area contributed by atoms with Crippen LogP contribution in [0.4, 0.5) is 0 Å². The fourth-order valence-corrected chi connectivity index (χ4v) is 1.90. The Bertz CT molecular complexity index is 403. The molecule has 0 aliphatic rings. The lowest BCUT2D eigenvalue weighted by atomic mass is 10.1. The molecule has 0 aliphatic heterocycles. The molecule has 1 rings (SSSR count). The first-order valence-electron chi connectivity index (χ1n) is 7.10. The zero-order chi connectivity index (χ0) is 14.6. The number of methoxy groups -OCH3 is 1. The van der Waals surface area contributed by atoms with Crippen molar-refractivity contribution in [1.29, 1.82) is 0 Å². The molecule has 1 N–H and O–H groups in total. The van der Waals surface area contributed by atoms with Gasteiger partial charge in [-0.3, -0.25) is 9.59 Å². The van der Waals surface area contributed by atoms with E-state index in [0.29, 0.717) is 19.4 Å². The molecule has 0 aromatic heterocycles. The smallest absolute Gasteiger partial charge is 0.305 e. The largest absolute Gasteiger partial charge is 0.469 e. The molecular formula is C16H23NO3. The van der Waals surface area contributed by atoms with E-state index in [2.05, 4.69) is 10.1 Å². The fourth-order valence-electron chi connectivity index (χ4n) is 1.90. The molecule has 0 saturated heterocycles. The molecule has 0 heterocycles. The summed E-state index contributed by atoms with van der Waals surface area (Å²) in [5.41, 5.74) is 1.11. The van der Waals surface area contributed by atoms with E-state index >= 15 is 0 Å². The molecule has 0 bridgehead atoms. The molecule has 20 heavy (non-hydrogen) atoms. The summed E-state index contributed by atoms with van der Waals surface area (Å²) in [5, 5.41) is 2.90. The molecule has 0 atom stereocenters. The average molecular weight is 277 g/mol. The minimum Gasteiger partial charge on any atom is -0.469 e. The van der Waals surface area contributed by atoms with Gasteiger partial charge in [-0.1, -0.05) is 43.2 Å². The first kappa shape index (κ1) is 16.2. The van der Waals surface area contributed by atoms with Gasteiger partial charge in [0.05, 0.1) is 7.11 Å². The second-order valence-corrected chi connectivity index (χ2v) is 4.75. The number of carbonyl (C=O) groups excluding carboxylic acids is 2. The quantitative estimate of drug-likeness (QED) is 0.558. The Morgan fingerprint density at radius 2 is 1.65 bits per heavy atom. The maximum absolute atomic E-state index is 11.6. The summed E-state index contributed by atoms with van der Waals surface area (Å²) in [7, 11) is 1.40. The summed E-state index contributed by atoms with van der Waals surface area (Å²) in [5.74, 6) is -0.0765. The van der Waals surface area contributed by atoms with E-state index < -0.39 is 0 Å². The zero-order valence-electron chi connectivity index (χ0n) is 12.1. The number of hydrogen-bond donors (Lipinski definition) is 1. The van der Waals surface area contributed by atoms with Crippen molar-refractivity contribution in [2.75, 3.05) is 7.11 Å². The Morgan fingerprint density at radius 3 is 2.30 bits per heavy atom. The third kappa shape index (κ3) is 7.56. The molecule has 0 unspecified atom stereocenters. The van der Waals surface area contributed by atoms with E-state index in [1.54, 1.807) is 0 Å². The van der Waals surface area contributed by atoms with Gasteiger partial charge in [-0.15, -0.1) is 0 Å². The van der Waals surface area contributed by atoms with Crippen molar-refractivity contribution in [3.8, 4) is 0 Å². The standard InChI is InChI=1S/C16H23NO3/c1-20-16(19)12-8-3-2-7-11-15(18)17-13-14-9-5-4-6-10-14/h4-6,9-10H,2-3,7-8,11-13H2,1H3,(H,17,18). The maximum Gasteiger partial charge on any atom is 0.305 e. The van der Waals surface area contributed by atoms with Crippen LogP contribution in [0.15, 0.2) is 30.3 Å². The first-order valence-corrected chi connectivity index (χ1v) is 7.10. The van der Waals surface area contributed by atoms with Crippen molar-refractivity contribution in [2.45, 2.75) is 45.1 Å². The summed E-state index contributed by atoms with van der Waals surface area (Å²) in [4.78, 5) is 22.5. The van der Waals surface area contributed by atoms with Crippen molar-refractivity contribution in [1.82, 2.24) is 5.32 Å². The van der Waals surface area contributed by atoms with E-state index in [-0.39, 0.29) is 11.9 Å². The van der Waals surface area contributed by atoms with Crippen LogP contribution < -0.4 is 5.32 Å². The topological polar surface area (TPSA) is 55.4 Å². The van der Waals surface area contributed by atoms with Crippen LogP contribution >= 0.6 is 0 Å². The highest BCUT2D eigenvalue weighted by molar-refractivity contribution is 5.75. The van der Waals surface area contributed by atoms with Crippen LogP contribution in [0.25, 0.3) is 0 Å². The maximum atomic E-state index is 11.6. The van der Waals surface area contributed by atoms with Crippen LogP contribution in [0.5, 0.6) is 0 Å². The monoisotopic (exact) mass is 277 g/mol. The molecule has 0 spiro atoms. The van der Waals surface area contributed by atoms with Crippen molar-refractivity contribution >= 4 is 11.9 Å². The number of rotatable bonds is 9. The lowest BCUT2D eigenvalue weighted by Crippen LogP contribution is -2.22. The molecule has 0 radical (unpaired) electrons. The molecule has 1 aromatic rings.